The van der Waals surface area contributed by atoms with Crippen molar-refractivity contribution in [2.75, 3.05) is 14.2 Å². The maximum atomic E-state index is 12.2. The van der Waals surface area contributed by atoms with E-state index in [2.05, 4.69) is 6.07 Å². The van der Waals surface area contributed by atoms with Crippen molar-refractivity contribution in [2.45, 2.75) is 6.18 Å². The first-order chi connectivity index (χ1) is 6.49. The van der Waals surface area contributed by atoms with Gasteiger partial charge < -0.3 is 9.47 Å². The molecule has 14 heavy (non-hydrogen) atoms. The Morgan fingerprint density at radius 1 is 1.14 bits per heavy atom. The molecule has 0 aromatic heterocycles. The van der Waals surface area contributed by atoms with Gasteiger partial charge in [-0.1, -0.05) is 0 Å². The average molecular weight is 205 g/mol. The summed E-state index contributed by atoms with van der Waals surface area (Å²) < 4.78 is 46.1. The normalized spacial score (nSPS) is 11.2. The van der Waals surface area contributed by atoms with Crippen molar-refractivity contribution in [3.05, 3.63) is 23.8 Å². The minimum atomic E-state index is -4.42. The van der Waals surface area contributed by atoms with Crippen LogP contribution >= 0.6 is 0 Å². The van der Waals surface area contributed by atoms with Gasteiger partial charge in [0.15, 0.2) is 11.5 Å². The second kappa shape index (κ2) is 3.77. The van der Waals surface area contributed by atoms with E-state index in [1.165, 1.54) is 14.2 Å². The van der Waals surface area contributed by atoms with Crippen molar-refractivity contribution in [1.29, 1.82) is 0 Å². The van der Waals surface area contributed by atoms with Crippen LogP contribution in [-0.2, 0) is 6.18 Å². The van der Waals surface area contributed by atoms with E-state index in [1.54, 1.807) is 0 Å². The third-order valence-corrected chi connectivity index (χ3v) is 1.62. The maximum absolute atomic E-state index is 12.2. The van der Waals surface area contributed by atoms with E-state index >= 15 is 0 Å². The molecule has 1 aromatic carbocycles. The Kier molecular flexibility index (Phi) is 2.88. The van der Waals surface area contributed by atoms with Crippen LogP contribution < -0.4 is 9.47 Å². The average Bonchev–Trinajstić information content (AvgIpc) is 2.15. The van der Waals surface area contributed by atoms with Crippen LogP contribution in [0.1, 0.15) is 5.56 Å². The Labute approximate surface area is 79.2 Å². The van der Waals surface area contributed by atoms with Crippen LogP contribution in [0, 0.1) is 6.07 Å². The van der Waals surface area contributed by atoms with Crippen molar-refractivity contribution >= 4 is 0 Å². The van der Waals surface area contributed by atoms with Crippen LogP contribution in [0.25, 0.3) is 0 Å². The van der Waals surface area contributed by atoms with Gasteiger partial charge in [-0.2, -0.15) is 13.2 Å². The second-order valence-electron chi connectivity index (χ2n) is 2.48. The molecule has 0 aliphatic carbocycles. The Balaban J connectivity index is 3.14. The molecule has 0 heterocycles. The zero-order valence-corrected chi connectivity index (χ0v) is 7.61. The third-order valence-electron chi connectivity index (χ3n) is 1.62. The Bertz CT molecular complexity index is 320. The Morgan fingerprint density at radius 3 is 2.14 bits per heavy atom. The van der Waals surface area contributed by atoms with Crippen molar-refractivity contribution in [2.24, 2.45) is 0 Å². The summed E-state index contributed by atoms with van der Waals surface area (Å²) in [6.07, 6.45) is -4.42. The fourth-order valence-corrected chi connectivity index (χ4v) is 0.941. The molecule has 2 nitrogen and oxygen atoms in total. The lowest BCUT2D eigenvalue weighted by atomic mass is 10.2. The molecular formula is C9H8F3O2. The minimum absolute atomic E-state index is 0.0403. The zero-order chi connectivity index (χ0) is 10.8. The van der Waals surface area contributed by atoms with Gasteiger partial charge in [-0.3, -0.25) is 0 Å². The molecule has 5 heteroatoms. The smallest absolute Gasteiger partial charge is 0.417 e. The van der Waals surface area contributed by atoms with Gasteiger partial charge in [-0.15, -0.1) is 0 Å². The summed E-state index contributed by atoms with van der Waals surface area (Å²) in [6, 6.07) is 4.02. The molecule has 1 rings (SSSR count). The fourth-order valence-electron chi connectivity index (χ4n) is 0.941. The highest BCUT2D eigenvalue weighted by molar-refractivity contribution is 5.42. The first kappa shape index (κ1) is 10.7. The summed E-state index contributed by atoms with van der Waals surface area (Å²) >= 11 is 0. The van der Waals surface area contributed by atoms with Gasteiger partial charge in [0.2, 0.25) is 0 Å². The fraction of sp³-hybridized carbons (Fsp3) is 0.333. The molecule has 1 radical (unpaired) electrons. The lowest BCUT2D eigenvalue weighted by molar-refractivity contribution is -0.137. The maximum Gasteiger partial charge on any atom is 0.417 e. The lowest BCUT2D eigenvalue weighted by Gasteiger charge is -2.10. The monoisotopic (exact) mass is 205 g/mol. The molecule has 0 unspecified atom stereocenters. The van der Waals surface area contributed by atoms with Gasteiger partial charge in [-0.05, 0) is 18.2 Å². The third kappa shape index (κ3) is 2.10. The van der Waals surface area contributed by atoms with E-state index in [4.69, 9.17) is 9.47 Å². The minimum Gasteiger partial charge on any atom is -0.493 e. The Morgan fingerprint density at radius 2 is 1.71 bits per heavy atom. The van der Waals surface area contributed by atoms with Crippen molar-refractivity contribution in [3.8, 4) is 11.5 Å². The largest absolute Gasteiger partial charge is 0.493 e. The molecule has 0 fully saturated rings. The van der Waals surface area contributed by atoms with Crippen molar-refractivity contribution in [1.82, 2.24) is 0 Å². The second-order valence-corrected chi connectivity index (χ2v) is 2.48. The van der Waals surface area contributed by atoms with Gasteiger partial charge in [0.05, 0.1) is 19.8 Å². The summed E-state index contributed by atoms with van der Waals surface area (Å²) in [5.74, 6) is 0.263. The highest BCUT2D eigenvalue weighted by atomic mass is 19.4. The van der Waals surface area contributed by atoms with E-state index in [0.29, 0.717) is 0 Å². The summed E-state index contributed by atoms with van der Waals surface area (Å²) in [5.41, 5.74) is -0.879. The van der Waals surface area contributed by atoms with Gasteiger partial charge in [0.25, 0.3) is 0 Å². The first-order valence-electron chi connectivity index (χ1n) is 3.70. The predicted molar refractivity (Wildman–Crippen MR) is 43.4 cm³/mol. The molecule has 0 bridgehead atoms. The molecule has 77 valence electrons. The topological polar surface area (TPSA) is 18.5 Å². The SMILES string of the molecule is COc1c[c]c(C(F)(F)F)cc1OC. The van der Waals surface area contributed by atoms with Crippen molar-refractivity contribution < 1.29 is 22.6 Å². The number of benzene rings is 1. The van der Waals surface area contributed by atoms with Gasteiger partial charge in [0.1, 0.15) is 0 Å². The molecule has 0 atom stereocenters. The summed E-state index contributed by atoms with van der Waals surface area (Å²) in [5, 5.41) is 0. The van der Waals surface area contributed by atoms with E-state index in [0.717, 1.165) is 12.1 Å². The number of methoxy groups -OCH3 is 2. The number of halogens is 3. The standard InChI is InChI=1S/C9H8F3O2/c1-13-7-4-3-6(9(10,11)12)5-8(7)14-2/h4-5H,1-2H3. The summed E-state index contributed by atoms with van der Waals surface area (Å²) in [4.78, 5) is 0. The first-order valence-corrected chi connectivity index (χ1v) is 3.70. The van der Waals surface area contributed by atoms with Crippen LogP contribution in [0.15, 0.2) is 12.1 Å². The van der Waals surface area contributed by atoms with E-state index in [-0.39, 0.29) is 11.5 Å². The van der Waals surface area contributed by atoms with Gasteiger partial charge in [-0.25, -0.2) is 0 Å². The molecular weight excluding hydrogens is 197 g/mol. The Hall–Kier alpha value is -1.39. The van der Waals surface area contributed by atoms with Crippen LogP contribution in [0.2, 0.25) is 0 Å². The van der Waals surface area contributed by atoms with Crippen LogP contribution in [-0.4, -0.2) is 14.2 Å². The number of rotatable bonds is 2. The highest BCUT2D eigenvalue weighted by Crippen LogP contribution is 2.35. The predicted octanol–water partition coefficient (Wildman–Crippen LogP) is 2.52. The van der Waals surface area contributed by atoms with Crippen molar-refractivity contribution in [3.63, 3.8) is 0 Å². The van der Waals surface area contributed by atoms with E-state index < -0.39 is 11.7 Å². The molecule has 0 N–H and O–H groups in total. The van der Waals surface area contributed by atoms with Gasteiger partial charge >= 0.3 is 6.18 Å². The molecule has 1 aromatic rings. The van der Waals surface area contributed by atoms with Crippen LogP contribution in [0.4, 0.5) is 13.2 Å². The van der Waals surface area contributed by atoms with Gasteiger partial charge in [0, 0.05) is 0 Å². The molecule has 0 saturated heterocycles. The van der Waals surface area contributed by atoms with E-state index in [1.807, 2.05) is 0 Å². The number of hydrogen-bond acceptors (Lipinski definition) is 2. The molecule has 0 saturated carbocycles. The zero-order valence-electron chi connectivity index (χ0n) is 7.61. The van der Waals surface area contributed by atoms with E-state index in [9.17, 15) is 13.2 Å². The molecule has 0 aliphatic heterocycles. The summed E-state index contributed by atoms with van der Waals surface area (Å²) in [7, 11) is 2.62. The lowest BCUT2D eigenvalue weighted by Crippen LogP contribution is -2.05. The van der Waals surface area contributed by atoms with Crippen LogP contribution in [0.5, 0.6) is 11.5 Å². The highest BCUT2D eigenvalue weighted by Gasteiger charge is 2.31. The number of ether oxygens (including phenoxy) is 2. The molecule has 0 amide bonds. The molecule has 0 spiro atoms. The molecule has 0 aliphatic rings. The number of hydrogen-bond donors (Lipinski definition) is 0. The summed E-state index contributed by atoms with van der Waals surface area (Å²) in [6.45, 7) is 0. The number of alkyl halides is 3. The quantitative estimate of drug-likeness (QED) is 0.738. The van der Waals surface area contributed by atoms with Crippen LogP contribution in [0.3, 0.4) is 0 Å².